The second-order valence-electron chi connectivity index (χ2n) is 7.65. The molecule has 1 spiro atoms. The van der Waals surface area contributed by atoms with E-state index >= 15 is 0 Å². The van der Waals surface area contributed by atoms with Crippen molar-refractivity contribution in [3.63, 3.8) is 0 Å². The molecule has 2 aromatic carbocycles. The van der Waals surface area contributed by atoms with Gasteiger partial charge in [0.05, 0.1) is 6.54 Å². The maximum Gasteiger partial charge on any atom is 0.272 e. The molecular formula is C22H23BrN4O2. The highest BCUT2D eigenvalue weighted by Gasteiger charge is 2.42. The van der Waals surface area contributed by atoms with E-state index in [-0.39, 0.29) is 11.8 Å². The number of nitrogens with one attached hydrogen (secondary N) is 2. The zero-order chi connectivity index (χ0) is 20.4. The lowest BCUT2D eigenvalue weighted by Gasteiger charge is -2.36. The first-order chi connectivity index (χ1) is 13.9. The Morgan fingerprint density at radius 3 is 2.62 bits per heavy atom. The number of rotatable bonds is 4. The lowest BCUT2D eigenvalue weighted by Crippen LogP contribution is -2.52. The Labute approximate surface area is 178 Å². The minimum atomic E-state index is -0.547. The summed E-state index contributed by atoms with van der Waals surface area (Å²) in [5.41, 5.74) is 2.70. The predicted octanol–water partition coefficient (Wildman–Crippen LogP) is 3.11. The molecule has 0 radical (unpaired) electrons. The first-order valence-corrected chi connectivity index (χ1v) is 10.5. The van der Waals surface area contributed by atoms with Crippen LogP contribution in [0.15, 0.2) is 58.0 Å². The second kappa shape index (κ2) is 8.08. The van der Waals surface area contributed by atoms with Crippen molar-refractivity contribution in [2.24, 2.45) is 4.99 Å². The summed E-state index contributed by atoms with van der Waals surface area (Å²) < 4.78 is 0.973. The molecule has 2 amide bonds. The van der Waals surface area contributed by atoms with Gasteiger partial charge in [-0.15, -0.1) is 0 Å². The third-order valence-corrected chi connectivity index (χ3v) is 5.89. The third-order valence-electron chi connectivity index (χ3n) is 5.36. The van der Waals surface area contributed by atoms with E-state index in [1.54, 1.807) is 0 Å². The molecule has 0 saturated carbocycles. The van der Waals surface area contributed by atoms with Crippen LogP contribution in [-0.2, 0) is 9.59 Å². The molecule has 1 saturated heterocycles. The van der Waals surface area contributed by atoms with Crippen LogP contribution in [0.5, 0.6) is 0 Å². The molecule has 2 aliphatic heterocycles. The smallest absolute Gasteiger partial charge is 0.272 e. The highest BCUT2D eigenvalue weighted by Crippen LogP contribution is 2.29. The summed E-state index contributed by atoms with van der Waals surface area (Å²) in [5, 5.41) is 6.00. The van der Waals surface area contributed by atoms with Gasteiger partial charge in [0.1, 0.15) is 11.4 Å². The summed E-state index contributed by atoms with van der Waals surface area (Å²) in [6, 6.07) is 15.4. The number of hydrogen-bond donors (Lipinski definition) is 2. The van der Waals surface area contributed by atoms with Crippen molar-refractivity contribution in [1.82, 2.24) is 10.2 Å². The SMILES string of the molecule is Cc1cccc(C2=NC3(CCN(CC(=O)Nc4ccc(Br)cc4)CC3)NC2=O)c1. The fourth-order valence-electron chi connectivity index (χ4n) is 3.81. The maximum absolute atomic E-state index is 12.5. The average molecular weight is 455 g/mol. The van der Waals surface area contributed by atoms with E-state index in [4.69, 9.17) is 4.99 Å². The Morgan fingerprint density at radius 1 is 1.21 bits per heavy atom. The molecule has 0 bridgehead atoms. The maximum atomic E-state index is 12.5. The Bertz CT molecular complexity index is 963. The van der Waals surface area contributed by atoms with Gasteiger partial charge in [-0.05, 0) is 37.3 Å². The summed E-state index contributed by atoms with van der Waals surface area (Å²) in [5.74, 6) is -0.153. The minimum Gasteiger partial charge on any atom is -0.326 e. The molecule has 2 heterocycles. The van der Waals surface area contributed by atoms with Gasteiger partial charge >= 0.3 is 0 Å². The van der Waals surface area contributed by atoms with Crippen LogP contribution in [0.1, 0.15) is 24.0 Å². The molecule has 2 N–H and O–H groups in total. The number of halogens is 1. The fourth-order valence-corrected chi connectivity index (χ4v) is 4.07. The van der Waals surface area contributed by atoms with E-state index in [1.807, 2.05) is 55.5 Å². The first kappa shape index (κ1) is 19.8. The van der Waals surface area contributed by atoms with E-state index in [0.717, 1.165) is 21.3 Å². The van der Waals surface area contributed by atoms with Crippen LogP contribution in [0.3, 0.4) is 0 Å². The van der Waals surface area contributed by atoms with E-state index in [1.165, 1.54) is 0 Å². The van der Waals surface area contributed by atoms with E-state index in [2.05, 4.69) is 31.5 Å². The predicted molar refractivity (Wildman–Crippen MR) is 117 cm³/mol. The van der Waals surface area contributed by atoms with Gasteiger partial charge in [0.15, 0.2) is 0 Å². The van der Waals surface area contributed by atoms with Crippen molar-refractivity contribution < 1.29 is 9.59 Å². The molecule has 2 aliphatic rings. The first-order valence-electron chi connectivity index (χ1n) is 9.70. The van der Waals surface area contributed by atoms with Crippen LogP contribution < -0.4 is 10.6 Å². The van der Waals surface area contributed by atoms with Gasteiger partial charge < -0.3 is 10.6 Å². The zero-order valence-corrected chi connectivity index (χ0v) is 17.8. The molecule has 1 fully saturated rings. The van der Waals surface area contributed by atoms with Crippen LogP contribution in [0.25, 0.3) is 0 Å². The van der Waals surface area contributed by atoms with Crippen LogP contribution in [0.4, 0.5) is 5.69 Å². The Morgan fingerprint density at radius 2 is 1.93 bits per heavy atom. The molecule has 0 aliphatic carbocycles. The summed E-state index contributed by atoms with van der Waals surface area (Å²) in [7, 11) is 0. The minimum absolute atomic E-state index is 0.0392. The fraction of sp³-hybridized carbons (Fsp3) is 0.318. The number of aliphatic imine (C=N–C) groups is 1. The van der Waals surface area contributed by atoms with Gasteiger partial charge in [-0.1, -0.05) is 39.7 Å². The number of likely N-dealkylation sites (tertiary alicyclic amines) is 1. The number of carbonyl (C=O) groups excluding carboxylic acids is 2. The van der Waals surface area contributed by atoms with Crippen molar-refractivity contribution >= 4 is 39.1 Å². The van der Waals surface area contributed by atoms with Gasteiger partial charge in [0.2, 0.25) is 5.91 Å². The third kappa shape index (κ3) is 4.57. The average Bonchev–Trinajstić information content (AvgIpc) is 3.02. The van der Waals surface area contributed by atoms with Gasteiger partial charge in [-0.25, -0.2) is 0 Å². The van der Waals surface area contributed by atoms with E-state index in [9.17, 15) is 9.59 Å². The Balaban J connectivity index is 1.36. The van der Waals surface area contributed by atoms with Crippen molar-refractivity contribution in [3.05, 3.63) is 64.1 Å². The number of anilines is 1. The molecule has 0 unspecified atom stereocenters. The second-order valence-corrected chi connectivity index (χ2v) is 8.56. The molecule has 0 atom stereocenters. The number of hydrogen-bond acceptors (Lipinski definition) is 4. The number of piperidine rings is 1. The van der Waals surface area contributed by atoms with Crippen LogP contribution in [-0.4, -0.2) is 47.7 Å². The molecule has 150 valence electrons. The van der Waals surface area contributed by atoms with Crippen LogP contribution >= 0.6 is 15.9 Å². The zero-order valence-electron chi connectivity index (χ0n) is 16.2. The monoisotopic (exact) mass is 454 g/mol. The molecule has 4 rings (SSSR count). The van der Waals surface area contributed by atoms with Gasteiger partial charge in [0, 0.05) is 41.7 Å². The van der Waals surface area contributed by atoms with Crippen LogP contribution in [0, 0.1) is 6.92 Å². The summed E-state index contributed by atoms with van der Waals surface area (Å²) in [6.45, 7) is 3.75. The summed E-state index contributed by atoms with van der Waals surface area (Å²) in [6.07, 6.45) is 1.39. The molecular weight excluding hydrogens is 432 g/mol. The van der Waals surface area contributed by atoms with Crippen molar-refractivity contribution in [3.8, 4) is 0 Å². The number of benzene rings is 2. The standard InChI is InChI=1S/C22H23BrN4O2/c1-15-3-2-4-16(13-15)20-21(29)26-22(25-20)9-11-27(12-10-22)14-19(28)24-18-7-5-17(23)6-8-18/h2-8,13H,9-12,14H2,1H3,(H,24,28)(H,26,29). The number of nitrogens with zero attached hydrogens (tertiary/aromatic N) is 2. The van der Waals surface area contributed by atoms with Gasteiger partial charge in [0.25, 0.3) is 5.91 Å². The Kier molecular flexibility index (Phi) is 5.52. The highest BCUT2D eigenvalue weighted by molar-refractivity contribution is 9.10. The van der Waals surface area contributed by atoms with Crippen molar-refractivity contribution in [2.75, 3.05) is 25.0 Å². The lowest BCUT2D eigenvalue weighted by atomic mass is 9.98. The number of carbonyl (C=O) groups is 2. The highest BCUT2D eigenvalue weighted by atomic mass is 79.9. The summed E-state index contributed by atoms with van der Waals surface area (Å²) in [4.78, 5) is 31.7. The summed E-state index contributed by atoms with van der Waals surface area (Å²) >= 11 is 3.39. The number of amides is 2. The topological polar surface area (TPSA) is 73.8 Å². The van der Waals surface area contributed by atoms with E-state index in [0.29, 0.717) is 38.2 Å². The molecule has 6 nitrogen and oxygen atoms in total. The Hall–Kier alpha value is -2.51. The van der Waals surface area contributed by atoms with Crippen molar-refractivity contribution in [2.45, 2.75) is 25.4 Å². The quantitative estimate of drug-likeness (QED) is 0.744. The molecule has 2 aromatic rings. The van der Waals surface area contributed by atoms with Gasteiger partial charge in [-0.2, -0.15) is 0 Å². The van der Waals surface area contributed by atoms with Crippen molar-refractivity contribution in [1.29, 1.82) is 0 Å². The van der Waals surface area contributed by atoms with E-state index < -0.39 is 5.66 Å². The molecule has 7 heteroatoms. The molecule has 0 aromatic heterocycles. The van der Waals surface area contributed by atoms with Gasteiger partial charge in [-0.3, -0.25) is 19.5 Å². The number of aryl methyl sites for hydroxylation is 1. The normalized spacial score (nSPS) is 18.4. The lowest BCUT2D eigenvalue weighted by molar-refractivity contribution is -0.119. The molecule has 29 heavy (non-hydrogen) atoms. The largest absolute Gasteiger partial charge is 0.326 e. The van der Waals surface area contributed by atoms with Crippen LogP contribution in [0.2, 0.25) is 0 Å².